The Bertz CT molecular complexity index is 576. The van der Waals surface area contributed by atoms with Gasteiger partial charge in [-0.2, -0.15) is 0 Å². The minimum absolute atomic E-state index is 0.0773. The molecule has 2 unspecified atom stereocenters. The molecule has 2 aromatic rings. The summed E-state index contributed by atoms with van der Waals surface area (Å²) < 4.78 is 13.0. The van der Waals surface area contributed by atoms with Gasteiger partial charge < -0.3 is 15.2 Å². The van der Waals surface area contributed by atoms with Gasteiger partial charge in [0.25, 0.3) is 0 Å². The van der Waals surface area contributed by atoms with Crippen LogP contribution in [0.15, 0.2) is 40.7 Å². The summed E-state index contributed by atoms with van der Waals surface area (Å²) in [5, 5.41) is 0.602. The molecule has 1 fully saturated rings. The third-order valence-corrected chi connectivity index (χ3v) is 5.30. The van der Waals surface area contributed by atoms with Crippen molar-refractivity contribution in [3.8, 4) is 0 Å². The molecule has 1 saturated heterocycles. The van der Waals surface area contributed by atoms with E-state index in [-0.39, 0.29) is 6.10 Å². The number of ether oxygens (including phenoxy) is 2. The fourth-order valence-corrected chi connectivity index (χ4v) is 3.88. The Kier molecular flexibility index (Phi) is 3.98. The Morgan fingerprint density at radius 3 is 2.95 bits per heavy atom. The fraction of sp³-hybridized carbons (Fsp3) is 0.357. The van der Waals surface area contributed by atoms with Crippen LogP contribution < -0.4 is 5.73 Å². The maximum Gasteiger partial charge on any atom is 0.192 e. The molecule has 1 aliphatic heterocycles. The van der Waals surface area contributed by atoms with E-state index < -0.39 is 5.79 Å². The van der Waals surface area contributed by atoms with Crippen LogP contribution in [0.3, 0.4) is 0 Å². The number of hydrogen-bond acceptors (Lipinski definition) is 6. The summed E-state index contributed by atoms with van der Waals surface area (Å²) in [6.07, 6.45) is 1.88. The quantitative estimate of drug-likeness (QED) is 0.880. The Hall–Kier alpha value is -1.08. The maximum absolute atomic E-state index is 6.07. The van der Waals surface area contributed by atoms with E-state index in [2.05, 4.69) is 4.98 Å². The molecular weight excluding hydrogens is 292 g/mol. The first-order chi connectivity index (χ1) is 9.66. The van der Waals surface area contributed by atoms with E-state index >= 15 is 0 Å². The number of thioether (sulfide) groups is 1. The first-order valence-corrected chi connectivity index (χ1v) is 8.17. The molecule has 20 heavy (non-hydrogen) atoms. The van der Waals surface area contributed by atoms with Crippen LogP contribution >= 0.6 is 23.1 Å². The number of nitrogens with two attached hydrogens (primary N) is 1. The fourth-order valence-electron chi connectivity index (χ4n) is 2.13. The highest BCUT2D eigenvalue weighted by Crippen LogP contribution is 2.36. The van der Waals surface area contributed by atoms with Gasteiger partial charge in [-0.15, -0.1) is 11.8 Å². The van der Waals surface area contributed by atoms with E-state index in [1.165, 1.54) is 11.3 Å². The van der Waals surface area contributed by atoms with Crippen molar-refractivity contribution >= 4 is 28.2 Å². The molecule has 1 aromatic carbocycles. The predicted octanol–water partition coefficient (Wildman–Crippen LogP) is 3.11. The molecule has 1 aliphatic rings. The molecular formula is C14H16N2O2S2. The second-order valence-electron chi connectivity index (χ2n) is 4.69. The molecule has 6 heteroatoms. The van der Waals surface area contributed by atoms with Crippen LogP contribution in [-0.2, 0) is 15.3 Å². The van der Waals surface area contributed by atoms with Gasteiger partial charge in [-0.25, -0.2) is 4.98 Å². The van der Waals surface area contributed by atoms with Crippen molar-refractivity contribution < 1.29 is 9.47 Å². The van der Waals surface area contributed by atoms with Crippen molar-refractivity contribution in [2.24, 2.45) is 0 Å². The number of anilines is 1. The zero-order valence-electron chi connectivity index (χ0n) is 11.1. The van der Waals surface area contributed by atoms with Gasteiger partial charge in [-0.3, -0.25) is 0 Å². The van der Waals surface area contributed by atoms with Crippen LogP contribution in [0, 0.1) is 0 Å². The first-order valence-electron chi connectivity index (χ1n) is 6.37. The Labute approximate surface area is 126 Å². The van der Waals surface area contributed by atoms with E-state index in [0.717, 1.165) is 15.5 Å². The molecule has 3 rings (SSSR count). The molecule has 2 atom stereocenters. The van der Waals surface area contributed by atoms with Gasteiger partial charge in [0, 0.05) is 11.3 Å². The predicted molar refractivity (Wildman–Crippen MR) is 81.9 cm³/mol. The number of thiazole rings is 1. The average Bonchev–Trinajstić information content (AvgIpc) is 3.05. The SMILES string of the molecule is CC1(c2ccccc2)OCC(CSc2cnc(N)s2)O1. The van der Waals surface area contributed by atoms with Crippen molar-refractivity contribution in [1.82, 2.24) is 4.98 Å². The van der Waals surface area contributed by atoms with Crippen molar-refractivity contribution in [1.29, 1.82) is 0 Å². The largest absolute Gasteiger partial charge is 0.375 e. The average molecular weight is 308 g/mol. The van der Waals surface area contributed by atoms with Crippen LogP contribution in [0.2, 0.25) is 0 Å². The van der Waals surface area contributed by atoms with Gasteiger partial charge in [0.05, 0.1) is 23.1 Å². The number of benzene rings is 1. The standard InChI is InChI=1S/C14H16N2O2S2/c1-14(10-5-3-2-4-6-10)17-8-11(18-14)9-19-12-7-16-13(15)20-12/h2-7,11H,8-9H2,1H3,(H2,15,16). The number of nitrogen functional groups attached to an aromatic ring is 1. The lowest BCUT2D eigenvalue weighted by Gasteiger charge is -2.23. The number of nitrogens with zero attached hydrogens (tertiary/aromatic N) is 1. The van der Waals surface area contributed by atoms with E-state index in [1.54, 1.807) is 18.0 Å². The highest BCUT2D eigenvalue weighted by Gasteiger charge is 2.38. The van der Waals surface area contributed by atoms with E-state index in [1.807, 2.05) is 37.3 Å². The van der Waals surface area contributed by atoms with Crippen molar-refractivity contribution in [3.05, 3.63) is 42.1 Å². The number of rotatable bonds is 4. The van der Waals surface area contributed by atoms with Gasteiger partial charge in [0.1, 0.15) is 0 Å². The molecule has 106 valence electrons. The smallest absolute Gasteiger partial charge is 0.192 e. The second-order valence-corrected chi connectivity index (χ2v) is 7.07. The zero-order chi connectivity index (χ0) is 14.0. The topological polar surface area (TPSA) is 57.4 Å². The maximum atomic E-state index is 6.07. The molecule has 0 amide bonds. The highest BCUT2D eigenvalue weighted by molar-refractivity contribution is 8.01. The van der Waals surface area contributed by atoms with Gasteiger partial charge in [-0.1, -0.05) is 41.7 Å². The Morgan fingerprint density at radius 1 is 1.45 bits per heavy atom. The van der Waals surface area contributed by atoms with Crippen molar-refractivity contribution in [3.63, 3.8) is 0 Å². The van der Waals surface area contributed by atoms with Gasteiger partial charge in [0.15, 0.2) is 10.9 Å². The Balaban J connectivity index is 1.59. The summed E-state index contributed by atoms with van der Waals surface area (Å²) >= 11 is 3.21. The molecule has 4 nitrogen and oxygen atoms in total. The monoisotopic (exact) mass is 308 g/mol. The van der Waals surface area contributed by atoms with Crippen LogP contribution in [0.4, 0.5) is 5.13 Å². The van der Waals surface area contributed by atoms with Gasteiger partial charge in [0.2, 0.25) is 0 Å². The number of hydrogen-bond donors (Lipinski definition) is 1. The molecule has 0 spiro atoms. The first kappa shape index (κ1) is 13.9. The molecule has 0 saturated carbocycles. The summed E-state index contributed by atoms with van der Waals surface area (Å²) in [5.41, 5.74) is 6.67. The third-order valence-electron chi connectivity index (χ3n) is 3.15. The molecule has 2 heterocycles. The lowest BCUT2D eigenvalue weighted by Crippen LogP contribution is -2.24. The van der Waals surface area contributed by atoms with Gasteiger partial charge >= 0.3 is 0 Å². The Morgan fingerprint density at radius 2 is 2.25 bits per heavy atom. The third kappa shape index (κ3) is 2.98. The molecule has 0 aliphatic carbocycles. The van der Waals surface area contributed by atoms with Gasteiger partial charge in [-0.05, 0) is 6.92 Å². The van der Waals surface area contributed by atoms with E-state index in [0.29, 0.717) is 11.7 Å². The van der Waals surface area contributed by atoms with Crippen molar-refractivity contribution in [2.45, 2.75) is 23.0 Å². The summed E-state index contributed by atoms with van der Waals surface area (Å²) in [6.45, 7) is 2.57. The van der Waals surface area contributed by atoms with Crippen LogP contribution in [0.5, 0.6) is 0 Å². The summed E-state index contributed by atoms with van der Waals surface area (Å²) in [6, 6.07) is 10.0. The minimum Gasteiger partial charge on any atom is -0.375 e. The van der Waals surface area contributed by atoms with Crippen LogP contribution in [-0.4, -0.2) is 23.4 Å². The lowest BCUT2D eigenvalue weighted by atomic mass is 10.1. The summed E-state index contributed by atoms with van der Waals surface area (Å²) in [7, 11) is 0. The number of aromatic nitrogens is 1. The zero-order valence-corrected chi connectivity index (χ0v) is 12.7. The molecule has 0 bridgehead atoms. The summed E-state index contributed by atoms with van der Waals surface area (Å²) in [5.74, 6) is 0.198. The second kappa shape index (κ2) is 5.73. The van der Waals surface area contributed by atoms with Crippen LogP contribution in [0.25, 0.3) is 0 Å². The van der Waals surface area contributed by atoms with E-state index in [4.69, 9.17) is 15.2 Å². The van der Waals surface area contributed by atoms with Crippen LogP contribution in [0.1, 0.15) is 12.5 Å². The normalized spacial score (nSPS) is 25.9. The molecule has 0 radical (unpaired) electrons. The minimum atomic E-state index is -0.640. The van der Waals surface area contributed by atoms with E-state index in [9.17, 15) is 0 Å². The molecule has 2 N–H and O–H groups in total. The summed E-state index contributed by atoms with van der Waals surface area (Å²) in [4.78, 5) is 4.04. The lowest BCUT2D eigenvalue weighted by molar-refractivity contribution is -0.159. The van der Waals surface area contributed by atoms with Crippen molar-refractivity contribution in [2.75, 3.05) is 18.1 Å². The molecule has 1 aromatic heterocycles. The highest BCUT2D eigenvalue weighted by atomic mass is 32.2.